The molecule has 2 rings (SSSR count). The Morgan fingerprint density at radius 1 is 1.47 bits per heavy atom. The van der Waals surface area contributed by atoms with Crippen molar-refractivity contribution >= 4 is 12.0 Å². The Morgan fingerprint density at radius 2 is 2.21 bits per heavy atom. The Labute approximate surface area is 107 Å². The lowest BCUT2D eigenvalue weighted by Gasteiger charge is -2.03. The molecule has 0 saturated carbocycles. The Balaban J connectivity index is 2.51. The van der Waals surface area contributed by atoms with Crippen molar-refractivity contribution in [2.45, 2.75) is 6.92 Å². The summed E-state index contributed by atoms with van der Waals surface area (Å²) in [6.07, 6.45) is 2.76. The Bertz CT molecular complexity index is 758. The largest absolute Gasteiger partial charge is 0.494 e. The topological polar surface area (TPSA) is 100 Å². The molecule has 0 aliphatic rings. The number of rotatable bonds is 2. The average molecular weight is 260 g/mol. The zero-order chi connectivity index (χ0) is 14.0. The van der Waals surface area contributed by atoms with Crippen LogP contribution in [0.2, 0.25) is 0 Å². The third-order valence-corrected chi connectivity index (χ3v) is 2.63. The van der Waals surface area contributed by atoms with Gasteiger partial charge in [-0.2, -0.15) is 0 Å². The molecule has 0 atom stereocenters. The third-order valence-electron chi connectivity index (χ3n) is 2.63. The molecule has 2 aromatic heterocycles. The number of aromatic hydroxyl groups is 1. The van der Waals surface area contributed by atoms with Gasteiger partial charge in [-0.3, -0.25) is 14.3 Å². The minimum Gasteiger partial charge on any atom is -0.494 e. The number of hydrogen-bond acceptors (Lipinski definition) is 5. The van der Waals surface area contributed by atoms with Crippen LogP contribution < -0.4 is 11.2 Å². The molecule has 0 unspecified atom stereocenters. The first-order valence-corrected chi connectivity index (χ1v) is 5.48. The summed E-state index contributed by atoms with van der Waals surface area (Å²) < 4.78 is 0.925. The highest BCUT2D eigenvalue weighted by molar-refractivity contribution is 5.83. The molecule has 0 aliphatic carbocycles. The first kappa shape index (κ1) is 12.7. The molecule has 0 aliphatic heterocycles. The molecule has 0 aromatic carbocycles. The van der Waals surface area contributed by atoms with Crippen molar-refractivity contribution in [2.75, 3.05) is 0 Å². The van der Waals surface area contributed by atoms with Gasteiger partial charge in [0.25, 0.3) is 5.56 Å². The van der Waals surface area contributed by atoms with Crippen LogP contribution in [0.25, 0.3) is 0 Å². The molecule has 0 amide bonds. The highest BCUT2D eigenvalue weighted by Crippen LogP contribution is 2.14. The molecule has 0 radical (unpaired) electrons. The summed E-state index contributed by atoms with van der Waals surface area (Å²) in [5.41, 5.74) is -0.641. The second-order valence-corrected chi connectivity index (χ2v) is 3.96. The number of aromatic amines is 1. The Kier molecular flexibility index (Phi) is 3.28. The lowest BCUT2D eigenvalue weighted by atomic mass is 10.3. The Morgan fingerprint density at radius 3 is 2.89 bits per heavy atom. The summed E-state index contributed by atoms with van der Waals surface area (Å²) in [5.74, 6) is 0.00115. The summed E-state index contributed by atoms with van der Waals surface area (Å²) in [4.78, 5) is 33.0. The second-order valence-electron chi connectivity index (χ2n) is 3.96. The molecular formula is C12H12N4O3. The van der Waals surface area contributed by atoms with Gasteiger partial charge in [-0.1, -0.05) is 6.07 Å². The molecule has 98 valence electrons. The first-order chi connectivity index (χ1) is 9.00. The molecule has 0 saturated heterocycles. The maximum atomic E-state index is 11.6. The third kappa shape index (κ3) is 2.44. The van der Waals surface area contributed by atoms with E-state index in [-0.39, 0.29) is 5.56 Å². The predicted molar refractivity (Wildman–Crippen MR) is 70.2 cm³/mol. The van der Waals surface area contributed by atoms with Gasteiger partial charge in [-0.15, -0.1) is 0 Å². The van der Waals surface area contributed by atoms with E-state index < -0.39 is 17.1 Å². The van der Waals surface area contributed by atoms with E-state index in [4.69, 9.17) is 0 Å². The van der Waals surface area contributed by atoms with Gasteiger partial charge in [0.15, 0.2) is 5.82 Å². The fourth-order valence-corrected chi connectivity index (χ4v) is 1.48. The highest BCUT2D eigenvalue weighted by atomic mass is 16.3. The van der Waals surface area contributed by atoms with Crippen LogP contribution in [0.5, 0.6) is 5.88 Å². The number of H-pyrrole nitrogens is 1. The standard InChI is InChI=1S/C12H12N4O3/c1-7-4-3-5-13-9(7)14-6-8-10(17)15-12(19)16(2)11(8)18/h3-6,18H,1-2H3,(H,15,17,19). The van der Waals surface area contributed by atoms with Gasteiger partial charge >= 0.3 is 5.69 Å². The SMILES string of the molecule is Cc1cccnc1N=Cc1c(O)n(C)c(=O)[nH]c1=O. The van der Waals surface area contributed by atoms with E-state index in [9.17, 15) is 14.7 Å². The zero-order valence-electron chi connectivity index (χ0n) is 10.4. The quantitative estimate of drug-likeness (QED) is 0.755. The van der Waals surface area contributed by atoms with Gasteiger partial charge in [0.2, 0.25) is 5.88 Å². The number of aryl methyl sites for hydroxylation is 1. The smallest absolute Gasteiger partial charge is 0.330 e. The van der Waals surface area contributed by atoms with Crippen LogP contribution >= 0.6 is 0 Å². The van der Waals surface area contributed by atoms with Gasteiger partial charge < -0.3 is 5.11 Å². The highest BCUT2D eigenvalue weighted by Gasteiger charge is 2.09. The number of nitrogens with one attached hydrogen (secondary N) is 1. The Hall–Kier alpha value is -2.70. The van der Waals surface area contributed by atoms with Crippen molar-refractivity contribution in [3.05, 3.63) is 50.3 Å². The van der Waals surface area contributed by atoms with Crippen molar-refractivity contribution in [2.24, 2.45) is 12.0 Å². The van der Waals surface area contributed by atoms with Gasteiger partial charge in [0.05, 0.1) is 0 Å². The second kappa shape index (κ2) is 4.89. The number of pyridine rings is 1. The maximum absolute atomic E-state index is 11.6. The molecule has 19 heavy (non-hydrogen) atoms. The first-order valence-electron chi connectivity index (χ1n) is 5.48. The summed E-state index contributed by atoms with van der Waals surface area (Å²) >= 11 is 0. The molecule has 2 N–H and O–H groups in total. The fraction of sp³-hybridized carbons (Fsp3) is 0.167. The van der Waals surface area contributed by atoms with Crippen LogP contribution in [0.3, 0.4) is 0 Å². The van der Waals surface area contributed by atoms with Crippen LogP contribution in [-0.4, -0.2) is 25.9 Å². The minimum absolute atomic E-state index is 0.0906. The van der Waals surface area contributed by atoms with E-state index in [1.54, 1.807) is 12.3 Å². The van der Waals surface area contributed by atoms with E-state index in [1.807, 2.05) is 13.0 Å². The lowest BCUT2D eigenvalue weighted by molar-refractivity contribution is 0.417. The average Bonchev–Trinajstić information content (AvgIpc) is 2.38. The molecule has 0 fully saturated rings. The number of aliphatic imine (C=N–C) groups is 1. The predicted octanol–water partition coefficient (Wildman–Crippen LogP) is 0.233. The van der Waals surface area contributed by atoms with Crippen molar-refractivity contribution in [1.82, 2.24) is 14.5 Å². The number of aromatic nitrogens is 3. The van der Waals surface area contributed by atoms with Gasteiger partial charge in [-0.25, -0.2) is 14.8 Å². The van der Waals surface area contributed by atoms with Crippen LogP contribution in [0.15, 0.2) is 32.9 Å². The summed E-state index contributed by atoms with van der Waals surface area (Å²) in [5, 5.41) is 9.74. The van der Waals surface area contributed by atoms with Crippen LogP contribution in [0.4, 0.5) is 5.82 Å². The number of nitrogens with zero attached hydrogens (tertiary/aromatic N) is 3. The maximum Gasteiger partial charge on any atom is 0.330 e. The van der Waals surface area contributed by atoms with Gasteiger partial charge in [0.1, 0.15) is 5.56 Å². The van der Waals surface area contributed by atoms with Crippen molar-refractivity contribution < 1.29 is 5.11 Å². The van der Waals surface area contributed by atoms with Crippen LogP contribution in [0.1, 0.15) is 11.1 Å². The molecule has 2 heterocycles. The normalized spacial score (nSPS) is 11.1. The van der Waals surface area contributed by atoms with E-state index in [2.05, 4.69) is 15.0 Å². The molecule has 2 aromatic rings. The van der Waals surface area contributed by atoms with E-state index in [0.717, 1.165) is 10.1 Å². The lowest BCUT2D eigenvalue weighted by Crippen LogP contribution is -2.30. The monoisotopic (exact) mass is 260 g/mol. The molecule has 0 bridgehead atoms. The summed E-state index contributed by atoms with van der Waals surface area (Å²) in [6.45, 7) is 1.82. The van der Waals surface area contributed by atoms with Crippen molar-refractivity contribution in [3.63, 3.8) is 0 Å². The van der Waals surface area contributed by atoms with Crippen LogP contribution in [0, 0.1) is 6.92 Å². The van der Waals surface area contributed by atoms with E-state index >= 15 is 0 Å². The van der Waals surface area contributed by atoms with E-state index in [1.165, 1.54) is 13.3 Å². The molecule has 0 spiro atoms. The van der Waals surface area contributed by atoms with E-state index in [0.29, 0.717) is 5.82 Å². The van der Waals surface area contributed by atoms with Crippen molar-refractivity contribution in [3.8, 4) is 5.88 Å². The summed E-state index contributed by atoms with van der Waals surface area (Å²) in [7, 11) is 1.34. The van der Waals surface area contributed by atoms with Crippen LogP contribution in [-0.2, 0) is 7.05 Å². The zero-order valence-corrected chi connectivity index (χ0v) is 10.4. The summed E-state index contributed by atoms with van der Waals surface area (Å²) in [6, 6.07) is 3.59. The van der Waals surface area contributed by atoms with Crippen molar-refractivity contribution in [1.29, 1.82) is 0 Å². The number of hydrogen-bond donors (Lipinski definition) is 2. The molecular weight excluding hydrogens is 248 g/mol. The minimum atomic E-state index is -0.696. The molecule has 7 nitrogen and oxygen atoms in total. The molecule has 7 heteroatoms. The fourth-order valence-electron chi connectivity index (χ4n) is 1.48. The van der Waals surface area contributed by atoms with Gasteiger partial charge in [-0.05, 0) is 18.6 Å². The van der Waals surface area contributed by atoms with Gasteiger partial charge in [0, 0.05) is 19.5 Å².